The molecule has 0 aliphatic carbocycles. The first kappa shape index (κ1) is 22.4. The molecule has 0 saturated carbocycles. The molecule has 0 bridgehead atoms. The van der Waals surface area contributed by atoms with E-state index in [9.17, 15) is 10.1 Å². The van der Waals surface area contributed by atoms with Gasteiger partial charge in [0, 0.05) is 10.6 Å². The van der Waals surface area contributed by atoms with Crippen molar-refractivity contribution in [2.75, 3.05) is 27.4 Å². The molecule has 0 N–H and O–H groups in total. The molecule has 2 aromatic carbocycles. The summed E-state index contributed by atoms with van der Waals surface area (Å²) in [6.07, 6.45) is 0. The zero-order valence-corrected chi connectivity index (χ0v) is 18.6. The minimum Gasteiger partial charge on any atom is -0.497 e. The van der Waals surface area contributed by atoms with Gasteiger partial charge in [0.2, 0.25) is 6.54 Å². The van der Waals surface area contributed by atoms with E-state index in [1.165, 1.54) is 11.8 Å². The molecule has 31 heavy (non-hydrogen) atoms. The third-order valence-corrected chi connectivity index (χ3v) is 5.73. The molecule has 0 saturated heterocycles. The lowest BCUT2D eigenvalue weighted by atomic mass is 10.1. The van der Waals surface area contributed by atoms with Crippen molar-refractivity contribution in [2.45, 2.75) is 24.3 Å². The zero-order valence-electron chi connectivity index (χ0n) is 17.8. The SMILES string of the molecule is CCOc1ccc([C@@H](C[N+](=O)[O-])Sc2nnc(C)n2-c2ccc(OC)cc2)cc1OC. The van der Waals surface area contributed by atoms with Gasteiger partial charge in [-0.05, 0) is 55.8 Å². The summed E-state index contributed by atoms with van der Waals surface area (Å²) >= 11 is 1.28. The molecule has 0 unspecified atom stereocenters. The van der Waals surface area contributed by atoms with Gasteiger partial charge in [0.05, 0.1) is 20.8 Å². The van der Waals surface area contributed by atoms with Gasteiger partial charge in [0.15, 0.2) is 16.7 Å². The summed E-state index contributed by atoms with van der Waals surface area (Å²) in [4.78, 5) is 11.1. The van der Waals surface area contributed by atoms with Crippen LogP contribution < -0.4 is 14.2 Å². The maximum Gasteiger partial charge on any atom is 0.220 e. The number of benzene rings is 2. The molecule has 0 aliphatic rings. The Morgan fingerprint density at radius 3 is 2.45 bits per heavy atom. The second-order valence-corrected chi connectivity index (χ2v) is 7.70. The second kappa shape index (κ2) is 10.2. The molecule has 3 aromatic rings. The average molecular weight is 445 g/mol. The van der Waals surface area contributed by atoms with Crippen molar-refractivity contribution in [2.24, 2.45) is 0 Å². The van der Waals surface area contributed by atoms with Gasteiger partial charge in [-0.15, -0.1) is 10.2 Å². The maximum atomic E-state index is 11.4. The summed E-state index contributed by atoms with van der Waals surface area (Å²) in [5.74, 6) is 2.53. The van der Waals surface area contributed by atoms with Crippen LogP contribution in [0.3, 0.4) is 0 Å². The Morgan fingerprint density at radius 2 is 1.84 bits per heavy atom. The van der Waals surface area contributed by atoms with E-state index in [-0.39, 0.29) is 11.5 Å². The van der Waals surface area contributed by atoms with Crippen LogP contribution in [0.2, 0.25) is 0 Å². The number of thioether (sulfide) groups is 1. The van der Waals surface area contributed by atoms with E-state index in [1.807, 2.05) is 48.7 Å². The summed E-state index contributed by atoms with van der Waals surface area (Å²) < 4.78 is 18.1. The van der Waals surface area contributed by atoms with E-state index in [2.05, 4.69) is 10.2 Å². The maximum absolute atomic E-state index is 11.4. The molecule has 0 amide bonds. The summed E-state index contributed by atoms with van der Waals surface area (Å²) in [6.45, 7) is 3.93. The second-order valence-electron chi connectivity index (χ2n) is 6.53. The van der Waals surface area contributed by atoms with E-state index in [0.717, 1.165) is 17.0 Å². The number of hydrogen-bond donors (Lipinski definition) is 0. The average Bonchev–Trinajstić information content (AvgIpc) is 3.13. The van der Waals surface area contributed by atoms with Gasteiger partial charge in [0.1, 0.15) is 16.8 Å². The van der Waals surface area contributed by atoms with Crippen molar-refractivity contribution >= 4 is 11.8 Å². The molecular weight excluding hydrogens is 420 g/mol. The van der Waals surface area contributed by atoms with Gasteiger partial charge in [0.25, 0.3) is 0 Å². The molecular formula is C21H24N4O5S. The number of nitro groups is 1. The molecule has 0 spiro atoms. The van der Waals surface area contributed by atoms with Crippen molar-refractivity contribution in [3.05, 3.63) is 64.0 Å². The van der Waals surface area contributed by atoms with Crippen LogP contribution in [-0.4, -0.2) is 47.1 Å². The van der Waals surface area contributed by atoms with E-state index in [1.54, 1.807) is 26.4 Å². The zero-order chi connectivity index (χ0) is 22.4. The highest BCUT2D eigenvalue weighted by molar-refractivity contribution is 7.99. The van der Waals surface area contributed by atoms with Gasteiger partial charge in [-0.25, -0.2) is 0 Å². The lowest BCUT2D eigenvalue weighted by molar-refractivity contribution is -0.479. The fourth-order valence-electron chi connectivity index (χ4n) is 3.08. The number of methoxy groups -OCH3 is 2. The molecule has 9 nitrogen and oxygen atoms in total. The van der Waals surface area contributed by atoms with E-state index < -0.39 is 5.25 Å². The van der Waals surface area contributed by atoms with Crippen molar-refractivity contribution in [1.82, 2.24) is 14.8 Å². The van der Waals surface area contributed by atoms with Crippen LogP contribution in [0.25, 0.3) is 5.69 Å². The molecule has 1 heterocycles. The Hall–Kier alpha value is -3.27. The quantitative estimate of drug-likeness (QED) is 0.262. The molecule has 1 aromatic heterocycles. The Bertz CT molecular complexity index is 1040. The van der Waals surface area contributed by atoms with Crippen molar-refractivity contribution in [3.63, 3.8) is 0 Å². The first-order valence-corrected chi connectivity index (χ1v) is 10.5. The minimum absolute atomic E-state index is 0.281. The van der Waals surface area contributed by atoms with Gasteiger partial charge in [-0.1, -0.05) is 17.8 Å². The first-order chi connectivity index (χ1) is 15.0. The number of aryl methyl sites for hydroxylation is 1. The molecule has 0 fully saturated rings. The third-order valence-electron chi connectivity index (χ3n) is 4.55. The predicted molar refractivity (Wildman–Crippen MR) is 117 cm³/mol. The van der Waals surface area contributed by atoms with Crippen molar-refractivity contribution < 1.29 is 19.1 Å². The highest BCUT2D eigenvalue weighted by Crippen LogP contribution is 2.39. The lowest BCUT2D eigenvalue weighted by Gasteiger charge is -2.16. The summed E-state index contributed by atoms with van der Waals surface area (Å²) in [6, 6.07) is 12.8. The summed E-state index contributed by atoms with van der Waals surface area (Å²) in [5.41, 5.74) is 1.58. The van der Waals surface area contributed by atoms with Crippen LogP contribution in [0.1, 0.15) is 23.6 Å². The lowest BCUT2D eigenvalue weighted by Crippen LogP contribution is -2.11. The van der Waals surface area contributed by atoms with Crippen molar-refractivity contribution in [3.8, 4) is 22.9 Å². The molecule has 0 aliphatic heterocycles. The molecule has 10 heteroatoms. The molecule has 164 valence electrons. The van der Waals surface area contributed by atoms with E-state index >= 15 is 0 Å². The highest BCUT2D eigenvalue weighted by Gasteiger charge is 2.25. The Balaban J connectivity index is 1.96. The Morgan fingerprint density at radius 1 is 1.10 bits per heavy atom. The van der Waals surface area contributed by atoms with E-state index in [4.69, 9.17) is 14.2 Å². The number of nitrogens with zero attached hydrogens (tertiary/aromatic N) is 4. The number of aromatic nitrogens is 3. The van der Waals surface area contributed by atoms with Gasteiger partial charge in [-0.3, -0.25) is 14.7 Å². The fourth-order valence-corrected chi connectivity index (χ4v) is 4.24. The fraction of sp³-hybridized carbons (Fsp3) is 0.333. The predicted octanol–water partition coefficient (Wildman–Crippen LogP) is 4.10. The normalized spacial score (nSPS) is 11.7. The first-order valence-electron chi connectivity index (χ1n) is 9.62. The van der Waals surface area contributed by atoms with Crippen LogP contribution in [0.15, 0.2) is 47.6 Å². The van der Waals surface area contributed by atoms with Gasteiger partial charge < -0.3 is 14.2 Å². The molecule has 0 radical (unpaired) electrons. The Labute approximate surface area is 184 Å². The molecule has 1 atom stereocenters. The van der Waals surface area contributed by atoms with Crippen LogP contribution in [-0.2, 0) is 0 Å². The molecule has 3 rings (SSSR count). The van der Waals surface area contributed by atoms with Crippen LogP contribution in [0.5, 0.6) is 17.2 Å². The third kappa shape index (κ3) is 5.26. The van der Waals surface area contributed by atoms with Crippen LogP contribution >= 0.6 is 11.8 Å². The van der Waals surface area contributed by atoms with Crippen LogP contribution in [0.4, 0.5) is 0 Å². The summed E-state index contributed by atoms with van der Waals surface area (Å²) in [5, 5.41) is 19.9. The topological polar surface area (TPSA) is 102 Å². The Kier molecular flexibility index (Phi) is 7.35. The number of ether oxygens (including phenoxy) is 3. The summed E-state index contributed by atoms with van der Waals surface area (Å²) in [7, 11) is 3.15. The minimum atomic E-state index is -0.500. The standard InChI is InChI=1S/C21H24N4O5S/c1-5-30-18-11-6-15(12-19(18)29-4)20(13-24(26)27)31-21-23-22-14(2)25(21)16-7-9-17(28-3)10-8-16/h6-12,20H,5,13H2,1-4H3/t20-/m1/s1. The monoisotopic (exact) mass is 444 g/mol. The van der Waals surface area contributed by atoms with Crippen molar-refractivity contribution in [1.29, 1.82) is 0 Å². The number of hydrogen-bond acceptors (Lipinski definition) is 8. The van der Waals surface area contributed by atoms with Gasteiger partial charge in [-0.2, -0.15) is 0 Å². The van der Waals surface area contributed by atoms with E-state index in [0.29, 0.717) is 29.1 Å². The van der Waals surface area contributed by atoms with Gasteiger partial charge >= 0.3 is 0 Å². The highest BCUT2D eigenvalue weighted by atomic mass is 32.2. The van der Waals surface area contributed by atoms with Crippen LogP contribution in [0, 0.1) is 17.0 Å². The largest absolute Gasteiger partial charge is 0.497 e. The smallest absolute Gasteiger partial charge is 0.220 e. The number of rotatable bonds is 10.